The number of Topliss-reactive ketones (excluding diaryl/α,β-unsaturated/α-hetero) is 1. The maximum atomic E-state index is 13.7. The molecular weight excluding hydrogens is 440 g/mol. The maximum Gasteiger partial charge on any atom is 0.303 e. The van der Waals surface area contributed by atoms with Crippen LogP contribution in [-0.2, 0) is 33.4 Å². The third-order valence-electron chi connectivity index (χ3n) is 9.42. The van der Waals surface area contributed by atoms with Gasteiger partial charge in [0.25, 0.3) is 0 Å². The van der Waals surface area contributed by atoms with E-state index >= 15 is 0 Å². The minimum atomic E-state index is -1.24. The van der Waals surface area contributed by atoms with Crippen molar-refractivity contribution in [3.05, 3.63) is 12.2 Å². The molecule has 0 saturated heterocycles. The maximum absolute atomic E-state index is 13.7. The first-order valence-corrected chi connectivity index (χ1v) is 12.1. The molecule has 0 aliphatic heterocycles. The summed E-state index contributed by atoms with van der Waals surface area (Å²) in [6.45, 7) is 13.8. The molecule has 1 N–H and O–H groups in total. The number of esters is 3. The van der Waals surface area contributed by atoms with Crippen LogP contribution in [0.5, 0.6) is 0 Å². The van der Waals surface area contributed by atoms with E-state index in [0.717, 1.165) is 0 Å². The molecule has 188 valence electrons. The van der Waals surface area contributed by atoms with E-state index < -0.39 is 64.5 Å². The molecule has 4 aliphatic rings. The van der Waals surface area contributed by atoms with Crippen LogP contribution in [0.2, 0.25) is 0 Å². The number of fused-ring (bicyclic) bond motifs is 3. The van der Waals surface area contributed by atoms with Crippen molar-refractivity contribution in [1.29, 1.82) is 0 Å². The van der Waals surface area contributed by atoms with Crippen molar-refractivity contribution in [3.63, 3.8) is 0 Å². The van der Waals surface area contributed by atoms with Crippen LogP contribution in [0.15, 0.2) is 12.2 Å². The minimum Gasteiger partial charge on any atom is -0.462 e. The Hall–Kier alpha value is -2.22. The van der Waals surface area contributed by atoms with Gasteiger partial charge in [-0.05, 0) is 43.1 Å². The van der Waals surface area contributed by atoms with E-state index in [1.54, 1.807) is 0 Å². The summed E-state index contributed by atoms with van der Waals surface area (Å²) in [7, 11) is 0. The summed E-state index contributed by atoms with van der Waals surface area (Å²) in [5.41, 5.74) is -1.88. The van der Waals surface area contributed by atoms with Crippen LogP contribution in [0.25, 0.3) is 0 Å². The van der Waals surface area contributed by atoms with Gasteiger partial charge in [-0.15, -0.1) is 0 Å². The first kappa shape index (κ1) is 24.9. The molecule has 9 atom stereocenters. The minimum absolute atomic E-state index is 0.00650. The molecule has 8 heteroatoms. The van der Waals surface area contributed by atoms with E-state index in [4.69, 9.17) is 14.2 Å². The zero-order valence-electron chi connectivity index (χ0n) is 20.9. The lowest BCUT2D eigenvalue weighted by molar-refractivity contribution is -0.287. The van der Waals surface area contributed by atoms with Crippen molar-refractivity contribution in [2.45, 2.75) is 91.6 Å². The van der Waals surface area contributed by atoms with Crippen LogP contribution >= 0.6 is 0 Å². The Bertz CT molecular complexity index is 952. The van der Waals surface area contributed by atoms with E-state index in [2.05, 4.69) is 6.58 Å². The molecule has 0 aromatic heterocycles. The Morgan fingerprint density at radius 3 is 2.15 bits per heavy atom. The molecule has 0 radical (unpaired) electrons. The highest BCUT2D eigenvalue weighted by Gasteiger charge is 2.75. The van der Waals surface area contributed by atoms with Crippen LogP contribution in [0.1, 0.15) is 67.2 Å². The summed E-state index contributed by atoms with van der Waals surface area (Å²) in [6.07, 6.45) is -1.54. The smallest absolute Gasteiger partial charge is 0.303 e. The Morgan fingerprint density at radius 2 is 1.59 bits per heavy atom. The monoisotopic (exact) mass is 476 g/mol. The number of ether oxygens (including phenoxy) is 3. The molecule has 4 saturated carbocycles. The first-order valence-electron chi connectivity index (χ1n) is 12.1. The number of carbonyl (C=O) groups excluding carboxylic acids is 4. The highest BCUT2D eigenvalue weighted by atomic mass is 16.6. The molecule has 4 aliphatic carbocycles. The normalized spacial score (nSPS) is 44.5. The Kier molecular flexibility index (Phi) is 5.78. The third-order valence-corrected chi connectivity index (χ3v) is 9.42. The van der Waals surface area contributed by atoms with Crippen LogP contribution < -0.4 is 0 Å². The fourth-order valence-corrected chi connectivity index (χ4v) is 8.47. The van der Waals surface area contributed by atoms with Gasteiger partial charge in [0, 0.05) is 42.9 Å². The van der Waals surface area contributed by atoms with Crippen LogP contribution in [-0.4, -0.2) is 53.2 Å². The summed E-state index contributed by atoms with van der Waals surface area (Å²) >= 11 is 0. The van der Waals surface area contributed by atoms with Gasteiger partial charge in [0.2, 0.25) is 0 Å². The fraction of sp³-hybridized carbons (Fsp3) is 0.769. The highest BCUT2D eigenvalue weighted by Crippen LogP contribution is 2.71. The molecule has 1 spiro atoms. The topological polar surface area (TPSA) is 116 Å². The van der Waals surface area contributed by atoms with Gasteiger partial charge in [0.1, 0.15) is 18.3 Å². The lowest BCUT2D eigenvalue weighted by atomic mass is 9.39. The summed E-state index contributed by atoms with van der Waals surface area (Å²) in [4.78, 5) is 49.8. The molecule has 0 heterocycles. The number of rotatable bonds is 3. The zero-order valence-corrected chi connectivity index (χ0v) is 20.9. The van der Waals surface area contributed by atoms with Gasteiger partial charge in [-0.2, -0.15) is 0 Å². The Balaban J connectivity index is 1.90. The molecule has 34 heavy (non-hydrogen) atoms. The molecule has 2 bridgehead atoms. The lowest BCUT2D eigenvalue weighted by Crippen LogP contribution is -2.73. The number of hydrogen-bond acceptors (Lipinski definition) is 8. The van der Waals surface area contributed by atoms with Gasteiger partial charge in [0.15, 0.2) is 11.9 Å². The summed E-state index contributed by atoms with van der Waals surface area (Å²) in [6, 6.07) is 0. The van der Waals surface area contributed by atoms with Crippen LogP contribution in [0.3, 0.4) is 0 Å². The average molecular weight is 477 g/mol. The molecule has 4 rings (SSSR count). The number of ketones is 1. The Labute approximate surface area is 200 Å². The van der Waals surface area contributed by atoms with Crippen molar-refractivity contribution >= 4 is 23.7 Å². The van der Waals surface area contributed by atoms with Gasteiger partial charge >= 0.3 is 17.9 Å². The largest absolute Gasteiger partial charge is 0.462 e. The van der Waals surface area contributed by atoms with Crippen molar-refractivity contribution in [2.75, 3.05) is 0 Å². The SMILES string of the molecule is C=C1C(=O)C23CCC4C(C)(C)C(OC(C)=O)C(OC(C)=O)C(O)C4(C)C2C(OC(C)=O)CC1C3. The molecule has 4 fully saturated rings. The predicted octanol–water partition coefficient (Wildman–Crippen LogP) is 2.75. The van der Waals surface area contributed by atoms with Gasteiger partial charge in [-0.1, -0.05) is 27.4 Å². The standard InChI is InChI=1S/C26H36O8/c1-12-16-10-17(32-13(2)27)20-25(7)18(8-9-26(20,11-16)21(12)30)24(5,6)23(34-15(4)29)19(22(25)31)33-14(3)28/h16-20,22-23,31H,1,8-11H2,2-7H3. The van der Waals surface area contributed by atoms with E-state index in [1.165, 1.54) is 20.8 Å². The second kappa shape index (κ2) is 7.90. The highest BCUT2D eigenvalue weighted by molar-refractivity contribution is 6.03. The third kappa shape index (κ3) is 3.28. The van der Waals surface area contributed by atoms with Crippen molar-refractivity contribution in [2.24, 2.45) is 34.0 Å². The Morgan fingerprint density at radius 1 is 1.00 bits per heavy atom. The second-order valence-electron chi connectivity index (χ2n) is 11.6. The summed E-state index contributed by atoms with van der Waals surface area (Å²) in [5.74, 6) is -2.32. The second-order valence-corrected chi connectivity index (χ2v) is 11.6. The van der Waals surface area contributed by atoms with E-state index in [0.29, 0.717) is 31.3 Å². The number of aliphatic hydroxyl groups is 1. The van der Waals surface area contributed by atoms with Gasteiger partial charge in [-0.25, -0.2) is 0 Å². The van der Waals surface area contributed by atoms with E-state index in [-0.39, 0.29) is 17.6 Å². The number of aliphatic hydroxyl groups excluding tert-OH is 1. The van der Waals surface area contributed by atoms with Crippen molar-refractivity contribution in [3.8, 4) is 0 Å². The molecular formula is C26H36O8. The number of carbonyl (C=O) groups is 4. The van der Waals surface area contributed by atoms with Crippen LogP contribution in [0.4, 0.5) is 0 Å². The van der Waals surface area contributed by atoms with Gasteiger partial charge < -0.3 is 19.3 Å². The van der Waals surface area contributed by atoms with E-state index in [1.807, 2.05) is 20.8 Å². The lowest BCUT2D eigenvalue weighted by Gasteiger charge is -2.67. The zero-order chi connectivity index (χ0) is 25.4. The van der Waals surface area contributed by atoms with Gasteiger partial charge in [-0.3, -0.25) is 19.2 Å². The van der Waals surface area contributed by atoms with Crippen molar-refractivity contribution in [1.82, 2.24) is 0 Å². The number of allylic oxidation sites excluding steroid dienone is 1. The average Bonchev–Trinajstić information content (AvgIpc) is 2.89. The molecule has 8 nitrogen and oxygen atoms in total. The molecule has 0 aromatic carbocycles. The first-order chi connectivity index (χ1) is 15.7. The summed E-state index contributed by atoms with van der Waals surface area (Å²) in [5, 5.41) is 11.9. The predicted molar refractivity (Wildman–Crippen MR) is 120 cm³/mol. The van der Waals surface area contributed by atoms with Crippen LogP contribution in [0, 0.1) is 34.0 Å². The van der Waals surface area contributed by atoms with Crippen molar-refractivity contribution < 1.29 is 38.5 Å². The molecule has 0 amide bonds. The number of hydrogen-bond donors (Lipinski definition) is 1. The molecule has 9 unspecified atom stereocenters. The van der Waals surface area contributed by atoms with E-state index in [9.17, 15) is 24.3 Å². The van der Waals surface area contributed by atoms with Gasteiger partial charge in [0.05, 0.1) is 0 Å². The fourth-order valence-electron chi connectivity index (χ4n) is 8.47. The molecule has 0 aromatic rings. The quantitative estimate of drug-likeness (QED) is 0.376. The summed E-state index contributed by atoms with van der Waals surface area (Å²) < 4.78 is 17.1.